The number of aromatic nitrogens is 2. The van der Waals surface area contributed by atoms with Gasteiger partial charge in [0, 0.05) is 23.6 Å². The van der Waals surface area contributed by atoms with Crippen molar-refractivity contribution in [1.82, 2.24) is 9.55 Å². The van der Waals surface area contributed by atoms with Crippen LogP contribution in [-0.4, -0.2) is 46.2 Å². The van der Waals surface area contributed by atoms with Gasteiger partial charge in [-0.15, -0.1) is 11.3 Å². The monoisotopic (exact) mass is 388 g/mol. The third-order valence-electron chi connectivity index (χ3n) is 3.65. The van der Waals surface area contributed by atoms with E-state index in [0.717, 1.165) is 10.1 Å². The maximum absolute atomic E-state index is 12.5. The van der Waals surface area contributed by atoms with Crippen molar-refractivity contribution in [1.29, 1.82) is 0 Å². The Balaban J connectivity index is 1.79. The molecule has 3 rings (SSSR count). The maximum atomic E-state index is 12.5. The number of aliphatic hydroxyl groups excluding tert-OH is 1. The van der Waals surface area contributed by atoms with Crippen LogP contribution >= 0.6 is 11.3 Å². The van der Waals surface area contributed by atoms with Crippen LogP contribution in [0.2, 0.25) is 0 Å². The molecule has 0 bridgehead atoms. The fraction of sp³-hybridized carbons (Fsp3) is 0.176. The predicted molar refractivity (Wildman–Crippen MR) is 100 cm³/mol. The van der Waals surface area contributed by atoms with Crippen LogP contribution in [0.3, 0.4) is 0 Å². The van der Waals surface area contributed by atoms with Gasteiger partial charge in [0.1, 0.15) is 11.5 Å². The standard InChI is InChI=1S/C17H16N4O5S/c1-21-7-13(19-14(23)8-22)20-15(21)16(24)18-10-3-4-11-9(5-10)6-12(27-11)17(25)26-2/h3-7,22H,8H2,1-2H3,(H,18,24)(H,19,23). The molecule has 0 fully saturated rings. The van der Waals surface area contributed by atoms with Crippen molar-refractivity contribution in [3.63, 3.8) is 0 Å². The second kappa shape index (κ2) is 7.56. The summed E-state index contributed by atoms with van der Waals surface area (Å²) >= 11 is 1.30. The van der Waals surface area contributed by atoms with E-state index < -0.39 is 24.4 Å². The lowest BCUT2D eigenvalue weighted by atomic mass is 10.2. The van der Waals surface area contributed by atoms with E-state index in [2.05, 4.69) is 15.6 Å². The molecule has 10 heteroatoms. The van der Waals surface area contributed by atoms with Crippen LogP contribution in [0.15, 0.2) is 30.5 Å². The van der Waals surface area contributed by atoms with Crippen LogP contribution < -0.4 is 10.6 Å². The number of aryl methyl sites for hydroxylation is 1. The van der Waals surface area contributed by atoms with E-state index in [0.29, 0.717) is 10.6 Å². The summed E-state index contributed by atoms with van der Waals surface area (Å²) in [4.78, 5) is 39.8. The quantitative estimate of drug-likeness (QED) is 0.571. The molecule has 9 nitrogen and oxygen atoms in total. The summed E-state index contributed by atoms with van der Waals surface area (Å²) in [5.74, 6) is -1.25. The number of aliphatic hydroxyl groups is 1. The average molecular weight is 388 g/mol. The molecule has 2 heterocycles. The zero-order chi connectivity index (χ0) is 19.6. The van der Waals surface area contributed by atoms with Crippen LogP contribution in [0.5, 0.6) is 0 Å². The highest BCUT2D eigenvalue weighted by atomic mass is 32.1. The van der Waals surface area contributed by atoms with Gasteiger partial charge >= 0.3 is 5.97 Å². The lowest BCUT2D eigenvalue weighted by Gasteiger charge is -2.05. The van der Waals surface area contributed by atoms with Crippen molar-refractivity contribution in [2.75, 3.05) is 24.4 Å². The number of carbonyl (C=O) groups excluding carboxylic acids is 3. The molecule has 1 aromatic carbocycles. The largest absolute Gasteiger partial charge is 0.465 e. The van der Waals surface area contributed by atoms with Crippen molar-refractivity contribution >= 4 is 50.7 Å². The summed E-state index contributed by atoms with van der Waals surface area (Å²) in [6, 6.07) is 6.96. The number of thiophene rings is 1. The SMILES string of the molecule is COC(=O)c1cc2cc(NC(=O)c3nc(NC(=O)CO)cn3C)ccc2s1. The molecule has 140 valence electrons. The number of hydrogen-bond donors (Lipinski definition) is 3. The first-order valence-electron chi connectivity index (χ1n) is 7.78. The Morgan fingerprint density at radius 3 is 2.74 bits per heavy atom. The molecule has 2 aromatic heterocycles. The highest BCUT2D eigenvalue weighted by Crippen LogP contribution is 2.28. The molecule has 2 amide bonds. The number of methoxy groups -OCH3 is 1. The third kappa shape index (κ3) is 3.96. The zero-order valence-corrected chi connectivity index (χ0v) is 15.3. The lowest BCUT2D eigenvalue weighted by Crippen LogP contribution is -2.17. The second-order valence-electron chi connectivity index (χ2n) is 5.58. The van der Waals surface area contributed by atoms with Gasteiger partial charge in [0.2, 0.25) is 5.82 Å². The Labute approximate surface area is 157 Å². The molecule has 3 aromatic rings. The summed E-state index contributed by atoms with van der Waals surface area (Å²) in [6.07, 6.45) is 1.47. The van der Waals surface area contributed by atoms with Gasteiger partial charge < -0.3 is 25.0 Å². The van der Waals surface area contributed by atoms with E-state index in [1.165, 1.54) is 29.2 Å². The average Bonchev–Trinajstić information content (AvgIpc) is 3.23. The Morgan fingerprint density at radius 1 is 1.26 bits per heavy atom. The molecule has 0 radical (unpaired) electrons. The number of hydrogen-bond acceptors (Lipinski definition) is 7. The minimum atomic E-state index is -0.674. The Kier molecular flexibility index (Phi) is 5.19. The number of esters is 1. The van der Waals surface area contributed by atoms with Crippen LogP contribution in [0.4, 0.5) is 11.5 Å². The Morgan fingerprint density at radius 2 is 2.04 bits per heavy atom. The number of imidazole rings is 1. The molecule has 3 N–H and O–H groups in total. The molecule has 0 aliphatic carbocycles. The van der Waals surface area contributed by atoms with Gasteiger partial charge in [-0.05, 0) is 29.7 Å². The van der Waals surface area contributed by atoms with Crippen LogP contribution in [0.1, 0.15) is 20.3 Å². The van der Waals surface area contributed by atoms with Gasteiger partial charge in [-0.2, -0.15) is 0 Å². The van der Waals surface area contributed by atoms with Gasteiger partial charge in [-0.25, -0.2) is 9.78 Å². The van der Waals surface area contributed by atoms with Crippen molar-refractivity contribution in [3.8, 4) is 0 Å². The predicted octanol–water partition coefficient (Wildman–Crippen LogP) is 1.60. The Hall–Kier alpha value is -3.24. The van der Waals surface area contributed by atoms with Crippen molar-refractivity contribution < 1.29 is 24.2 Å². The maximum Gasteiger partial charge on any atom is 0.348 e. The highest BCUT2D eigenvalue weighted by molar-refractivity contribution is 7.20. The molecule has 0 aliphatic heterocycles. The smallest absolute Gasteiger partial charge is 0.348 e. The number of nitrogens with zero attached hydrogens (tertiary/aromatic N) is 2. The van der Waals surface area contributed by atoms with E-state index in [4.69, 9.17) is 9.84 Å². The van der Waals surface area contributed by atoms with Gasteiger partial charge in [0.15, 0.2) is 5.82 Å². The molecule has 0 spiro atoms. The number of benzene rings is 1. The van der Waals surface area contributed by atoms with Crippen molar-refractivity contribution in [3.05, 3.63) is 41.2 Å². The molecule has 0 aliphatic rings. The molecule has 0 unspecified atom stereocenters. The molecule has 0 saturated heterocycles. The number of rotatable bonds is 5. The minimum absolute atomic E-state index is 0.0869. The molecular weight excluding hydrogens is 372 g/mol. The molecule has 27 heavy (non-hydrogen) atoms. The normalized spacial score (nSPS) is 10.6. The fourth-order valence-electron chi connectivity index (χ4n) is 2.43. The van der Waals surface area contributed by atoms with Crippen LogP contribution in [0.25, 0.3) is 10.1 Å². The minimum Gasteiger partial charge on any atom is -0.465 e. The summed E-state index contributed by atoms with van der Waals surface area (Å²) in [5.41, 5.74) is 0.533. The number of anilines is 2. The van der Waals surface area contributed by atoms with Gasteiger partial charge in [-0.1, -0.05) is 0 Å². The zero-order valence-electron chi connectivity index (χ0n) is 14.5. The topological polar surface area (TPSA) is 123 Å². The van der Waals surface area contributed by atoms with E-state index in [9.17, 15) is 14.4 Å². The summed E-state index contributed by atoms with van der Waals surface area (Å²) in [5, 5.41) is 14.7. The van der Waals surface area contributed by atoms with E-state index in [1.54, 1.807) is 31.3 Å². The molecular formula is C17H16N4O5S. The summed E-state index contributed by atoms with van der Waals surface area (Å²) in [6.45, 7) is -0.674. The number of ether oxygens (including phenoxy) is 1. The highest BCUT2D eigenvalue weighted by Gasteiger charge is 2.16. The first-order chi connectivity index (χ1) is 12.9. The Bertz CT molecular complexity index is 1040. The van der Waals surface area contributed by atoms with Crippen molar-refractivity contribution in [2.45, 2.75) is 0 Å². The number of amides is 2. The van der Waals surface area contributed by atoms with Gasteiger partial charge in [-0.3, -0.25) is 9.59 Å². The summed E-state index contributed by atoms with van der Waals surface area (Å²) in [7, 11) is 2.93. The van der Waals surface area contributed by atoms with E-state index >= 15 is 0 Å². The second-order valence-corrected chi connectivity index (χ2v) is 6.66. The van der Waals surface area contributed by atoms with Gasteiger partial charge in [0.05, 0.1) is 7.11 Å². The van der Waals surface area contributed by atoms with E-state index in [-0.39, 0.29) is 11.6 Å². The first-order valence-corrected chi connectivity index (χ1v) is 8.60. The molecule has 0 saturated carbocycles. The van der Waals surface area contributed by atoms with Gasteiger partial charge in [0.25, 0.3) is 11.8 Å². The van der Waals surface area contributed by atoms with Crippen LogP contribution in [-0.2, 0) is 16.6 Å². The molecule has 0 atom stereocenters. The lowest BCUT2D eigenvalue weighted by molar-refractivity contribution is -0.118. The van der Waals surface area contributed by atoms with Crippen LogP contribution in [0, 0.1) is 0 Å². The fourth-order valence-corrected chi connectivity index (χ4v) is 3.39. The van der Waals surface area contributed by atoms with E-state index in [1.807, 2.05) is 0 Å². The number of carbonyl (C=O) groups is 3. The summed E-state index contributed by atoms with van der Waals surface area (Å²) < 4.78 is 7.06. The third-order valence-corrected chi connectivity index (χ3v) is 4.75. The number of fused-ring (bicyclic) bond motifs is 1. The first kappa shape index (κ1) is 18.5. The van der Waals surface area contributed by atoms with Crippen molar-refractivity contribution in [2.24, 2.45) is 7.05 Å². The number of nitrogens with one attached hydrogen (secondary N) is 2.